The third-order valence-electron chi connectivity index (χ3n) is 4.45. The minimum atomic E-state index is 0. The molecule has 0 amide bonds. The zero-order valence-electron chi connectivity index (χ0n) is 24.4. The molecule has 224 valence electrons. The van der Waals surface area contributed by atoms with Crippen LogP contribution in [0.3, 0.4) is 0 Å². The molecule has 0 aliphatic carbocycles. The fourth-order valence-electron chi connectivity index (χ4n) is 2.94. The number of thiazole rings is 1. The predicted molar refractivity (Wildman–Crippen MR) is 167 cm³/mol. The van der Waals surface area contributed by atoms with Crippen LogP contribution in [0, 0.1) is 62.3 Å². The van der Waals surface area contributed by atoms with Gasteiger partial charge in [0.25, 0.3) is 0 Å². The summed E-state index contributed by atoms with van der Waals surface area (Å²) in [7, 11) is 1.62. The SMILES string of the molecule is C.C.COc1c(C)ncnc1C.Cc1cc(C)nc(C)n1.Cc1cc(C)on1.Cc1ncccn1.Cc1nccs1. The molecule has 41 heavy (non-hydrogen) atoms. The van der Waals surface area contributed by atoms with E-state index in [1.165, 1.54) is 6.33 Å². The molecule has 0 atom stereocenters. The number of nitrogens with zero attached hydrogens (tertiary/aromatic N) is 8. The van der Waals surface area contributed by atoms with E-state index in [-0.39, 0.29) is 14.9 Å². The second-order valence-corrected chi connectivity index (χ2v) is 9.30. The van der Waals surface area contributed by atoms with Crippen molar-refractivity contribution in [1.82, 2.24) is 40.0 Å². The van der Waals surface area contributed by atoms with Gasteiger partial charge in [-0.2, -0.15) is 0 Å². The van der Waals surface area contributed by atoms with E-state index in [9.17, 15) is 0 Å². The van der Waals surface area contributed by atoms with Crippen LogP contribution in [0.5, 0.6) is 5.75 Å². The maximum absolute atomic E-state index is 5.05. The highest BCUT2D eigenvalue weighted by Gasteiger charge is 2.01. The van der Waals surface area contributed by atoms with Crippen LogP contribution in [0.4, 0.5) is 0 Å². The minimum absolute atomic E-state index is 0. The molecule has 0 unspecified atom stereocenters. The summed E-state index contributed by atoms with van der Waals surface area (Å²) in [5, 5.41) is 6.74. The van der Waals surface area contributed by atoms with Gasteiger partial charge >= 0.3 is 0 Å². The summed E-state index contributed by atoms with van der Waals surface area (Å²) in [5.74, 6) is 3.33. The lowest BCUT2D eigenvalue weighted by atomic mass is 10.3. The van der Waals surface area contributed by atoms with Gasteiger partial charge < -0.3 is 9.26 Å². The molecule has 11 heteroatoms. The van der Waals surface area contributed by atoms with Crippen LogP contribution in [0.2, 0.25) is 0 Å². The van der Waals surface area contributed by atoms with Crippen LogP contribution >= 0.6 is 11.3 Å². The molecule has 0 aliphatic heterocycles. The van der Waals surface area contributed by atoms with E-state index in [2.05, 4.69) is 40.0 Å². The zero-order chi connectivity index (χ0) is 29.2. The summed E-state index contributed by atoms with van der Waals surface area (Å²) in [6.45, 7) is 17.3. The number of aryl methyl sites for hydroxylation is 9. The first-order chi connectivity index (χ1) is 18.5. The van der Waals surface area contributed by atoms with E-state index in [4.69, 9.17) is 9.26 Å². The van der Waals surface area contributed by atoms with E-state index >= 15 is 0 Å². The van der Waals surface area contributed by atoms with Crippen molar-refractivity contribution in [3.05, 3.63) is 99.4 Å². The van der Waals surface area contributed by atoms with Crippen LogP contribution < -0.4 is 4.74 Å². The van der Waals surface area contributed by atoms with Gasteiger partial charge in [-0.05, 0) is 74.4 Å². The minimum Gasteiger partial charge on any atom is -0.493 e. The third-order valence-corrected chi connectivity index (χ3v) is 5.16. The molecule has 0 saturated carbocycles. The fraction of sp³-hybridized carbons (Fsp3) is 0.400. The Morgan fingerprint density at radius 3 is 1.46 bits per heavy atom. The van der Waals surface area contributed by atoms with Crippen molar-refractivity contribution < 1.29 is 9.26 Å². The van der Waals surface area contributed by atoms with E-state index in [0.29, 0.717) is 0 Å². The number of hydrogen-bond donors (Lipinski definition) is 0. The maximum Gasteiger partial charge on any atom is 0.161 e. The van der Waals surface area contributed by atoms with E-state index in [0.717, 1.165) is 56.6 Å². The number of methoxy groups -OCH3 is 1. The Kier molecular flexibility index (Phi) is 20.6. The third kappa shape index (κ3) is 18.0. The van der Waals surface area contributed by atoms with Gasteiger partial charge in [0.1, 0.15) is 23.7 Å². The number of aromatic nitrogens is 8. The Balaban J connectivity index is 0. The average Bonchev–Trinajstić information content (AvgIpc) is 3.50. The Bertz CT molecular complexity index is 1260. The van der Waals surface area contributed by atoms with Gasteiger partial charge in [0.05, 0.1) is 29.2 Å². The summed E-state index contributed by atoms with van der Waals surface area (Å²) >= 11 is 1.67. The normalized spacial score (nSPS) is 8.83. The Labute approximate surface area is 249 Å². The van der Waals surface area contributed by atoms with Gasteiger partial charge in [0.15, 0.2) is 5.75 Å². The lowest BCUT2D eigenvalue weighted by molar-refractivity contribution is 0.393. The zero-order valence-corrected chi connectivity index (χ0v) is 25.2. The highest BCUT2D eigenvalue weighted by Crippen LogP contribution is 2.16. The highest BCUT2D eigenvalue weighted by atomic mass is 32.1. The van der Waals surface area contributed by atoms with Crippen molar-refractivity contribution in [2.75, 3.05) is 7.11 Å². The number of rotatable bonds is 1. The molecule has 0 fully saturated rings. The molecular formula is C30H46N8O2S. The molecule has 0 saturated heterocycles. The first-order valence-corrected chi connectivity index (χ1v) is 13.0. The second kappa shape index (κ2) is 21.7. The second-order valence-electron chi connectivity index (χ2n) is 8.20. The van der Waals surface area contributed by atoms with Gasteiger partial charge in [-0.1, -0.05) is 20.0 Å². The molecule has 0 radical (unpaired) electrons. The Morgan fingerprint density at radius 2 is 1.22 bits per heavy atom. The summed E-state index contributed by atoms with van der Waals surface area (Å²) in [5.41, 5.74) is 4.79. The molecule has 5 rings (SSSR count). The Morgan fingerprint density at radius 1 is 0.659 bits per heavy atom. The van der Waals surface area contributed by atoms with Gasteiger partial charge in [0.2, 0.25) is 0 Å². The average molecular weight is 583 g/mol. The molecule has 0 bridgehead atoms. The first kappa shape index (κ1) is 39.0. The molecule has 0 N–H and O–H groups in total. The van der Waals surface area contributed by atoms with Gasteiger partial charge in [-0.25, -0.2) is 29.9 Å². The molecule has 5 heterocycles. The predicted octanol–water partition coefficient (Wildman–Crippen LogP) is 7.30. The summed E-state index contributed by atoms with van der Waals surface area (Å²) < 4.78 is 9.76. The lowest BCUT2D eigenvalue weighted by Gasteiger charge is -2.03. The van der Waals surface area contributed by atoms with E-state index in [1.807, 2.05) is 79.8 Å². The largest absolute Gasteiger partial charge is 0.493 e. The number of ether oxygens (including phenoxy) is 1. The molecule has 5 aromatic heterocycles. The molecule has 0 spiro atoms. The first-order valence-electron chi connectivity index (χ1n) is 12.1. The molecule has 10 nitrogen and oxygen atoms in total. The Hall–Kier alpha value is -4.12. The monoisotopic (exact) mass is 582 g/mol. The van der Waals surface area contributed by atoms with E-state index < -0.39 is 0 Å². The van der Waals surface area contributed by atoms with Crippen molar-refractivity contribution in [2.45, 2.75) is 77.2 Å². The quantitative estimate of drug-likeness (QED) is 0.199. The van der Waals surface area contributed by atoms with Crippen molar-refractivity contribution in [3.63, 3.8) is 0 Å². The highest BCUT2D eigenvalue weighted by molar-refractivity contribution is 7.09. The molecule has 0 aromatic carbocycles. The maximum atomic E-state index is 5.05. The van der Waals surface area contributed by atoms with Crippen molar-refractivity contribution in [1.29, 1.82) is 0 Å². The fourth-order valence-corrected chi connectivity index (χ4v) is 3.38. The lowest BCUT2D eigenvalue weighted by Crippen LogP contribution is -1.95. The molecule has 5 aromatic rings. The van der Waals surface area contributed by atoms with Crippen LogP contribution in [0.25, 0.3) is 0 Å². The van der Waals surface area contributed by atoms with Crippen LogP contribution in [0.1, 0.15) is 65.7 Å². The summed E-state index contributed by atoms with van der Waals surface area (Å²) in [4.78, 5) is 27.9. The summed E-state index contributed by atoms with van der Waals surface area (Å²) in [6, 6.07) is 5.65. The van der Waals surface area contributed by atoms with Gasteiger partial charge in [0, 0.05) is 41.4 Å². The standard InChI is InChI=1S/C7H10N2O.C7H10N2.C5H6N2.C5H7NO.C4H5NS.2CH4/c1-5-7(10-3)6(2)9-4-8-5;1-5-4-6(2)9-7(3)8-5;1-5-6-3-2-4-7-5;1-4-3-5(2)7-6-4;1-4-5-2-3-6-4;;/h4H,1-3H3;4H,1-3H3;2-4H,1H3;3H,1-2H3;2-3H,1H3;2*1H4. The van der Waals surface area contributed by atoms with E-state index in [1.54, 1.807) is 43.1 Å². The van der Waals surface area contributed by atoms with Crippen molar-refractivity contribution >= 4 is 11.3 Å². The van der Waals surface area contributed by atoms with Crippen molar-refractivity contribution in [3.8, 4) is 5.75 Å². The van der Waals surface area contributed by atoms with Crippen LogP contribution in [-0.4, -0.2) is 47.2 Å². The van der Waals surface area contributed by atoms with Crippen LogP contribution in [0.15, 0.2) is 53.0 Å². The summed E-state index contributed by atoms with van der Waals surface area (Å²) in [6.07, 6.45) is 6.79. The molecule has 0 aliphatic rings. The number of hydrogen-bond acceptors (Lipinski definition) is 11. The van der Waals surface area contributed by atoms with Crippen molar-refractivity contribution in [2.24, 2.45) is 0 Å². The smallest absolute Gasteiger partial charge is 0.161 e. The van der Waals surface area contributed by atoms with Gasteiger partial charge in [-0.15, -0.1) is 11.3 Å². The van der Waals surface area contributed by atoms with Gasteiger partial charge in [-0.3, -0.25) is 4.98 Å². The topological polar surface area (TPSA) is 125 Å². The van der Waals surface area contributed by atoms with Crippen LogP contribution in [-0.2, 0) is 0 Å². The molecular weight excluding hydrogens is 536 g/mol.